The average molecular weight is 225 g/mol. The largest absolute Gasteiger partial charge is 0.449 e. The van der Waals surface area contributed by atoms with E-state index >= 15 is 0 Å². The highest BCUT2D eigenvalue weighted by molar-refractivity contribution is 5.67. The van der Waals surface area contributed by atoms with Crippen molar-refractivity contribution in [2.45, 2.75) is 46.0 Å². The maximum absolute atomic E-state index is 11.2. The van der Waals surface area contributed by atoms with Crippen molar-refractivity contribution in [1.29, 1.82) is 0 Å². The standard InChI is InChI=1S/C13H23NO2/c1-4-7-9-12(6-3)11-14-13(15)16-10-8-5-2/h2,12H,4,6-11H2,1,3H3,(H,14,15). The number of ether oxygens (including phenoxy) is 1. The molecule has 3 nitrogen and oxygen atoms in total. The third kappa shape index (κ3) is 8.16. The second-order valence-electron chi connectivity index (χ2n) is 3.89. The molecule has 0 aliphatic carbocycles. The van der Waals surface area contributed by atoms with Crippen molar-refractivity contribution in [3.63, 3.8) is 0 Å². The molecule has 0 aromatic rings. The van der Waals surface area contributed by atoms with Crippen LogP contribution in [-0.2, 0) is 4.74 Å². The molecule has 0 aromatic carbocycles. The first kappa shape index (κ1) is 14.8. The molecular formula is C13H23NO2. The summed E-state index contributed by atoms with van der Waals surface area (Å²) in [7, 11) is 0. The SMILES string of the molecule is C#CCCOC(=O)NCC(CC)CCCC. The fourth-order valence-electron chi connectivity index (χ4n) is 1.42. The zero-order chi connectivity index (χ0) is 12.2. The van der Waals surface area contributed by atoms with Gasteiger partial charge in [-0.2, -0.15) is 0 Å². The van der Waals surface area contributed by atoms with E-state index in [-0.39, 0.29) is 6.09 Å². The molecular weight excluding hydrogens is 202 g/mol. The van der Waals surface area contributed by atoms with Gasteiger partial charge in [-0.3, -0.25) is 0 Å². The van der Waals surface area contributed by atoms with Crippen LogP contribution in [0.2, 0.25) is 0 Å². The Morgan fingerprint density at radius 3 is 2.81 bits per heavy atom. The summed E-state index contributed by atoms with van der Waals surface area (Å²) in [5.41, 5.74) is 0. The summed E-state index contributed by atoms with van der Waals surface area (Å²) in [5, 5.41) is 2.77. The number of hydrogen-bond donors (Lipinski definition) is 1. The molecule has 0 radical (unpaired) electrons. The van der Waals surface area contributed by atoms with Crippen LogP contribution < -0.4 is 5.32 Å². The molecule has 0 bridgehead atoms. The lowest BCUT2D eigenvalue weighted by Gasteiger charge is -2.14. The van der Waals surface area contributed by atoms with Gasteiger partial charge in [0.1, 0.15) is 6.61 Å². The average Bonchev–Trinajstić information content (AvgIpc) is 2.30. The van der Waals surface area contributed by atoms with E-state index in [9.17, 15) is 4.79 Å². The van der Waals surface area contributed by atoms with Crippen LogP contribution in [0.4, 0.5) is 4.79 Å². The number of unbranched alkanes of at least 4 members (excludes halogenated alkanes) is 1. The minimum absolute atomic E-state index is 0.300. The van der Waals surface area contributed by atoms with Crippen LogP contribution >= 0.6 is 0 Å². The molecule has 0 saturated carbocycles. The Morgan fingerprint density at radius 2 is 2.25 bits per heavy atom. The second kappa shape index (κ2) is 10.4. The van der Waals surface area contributed by atoms with Gasteiger partial charge in [-0.05, 0) is 12.3 Å². The van der Waals surface area contributed by atoms with Crippen molar-refractivity contribution in [3.05, 3.63) is 0 Å². The number of carbonyl (C=O) groups is 1. The lowest BCUT2D eigenvalue weighted by atomic mass is 10.00. The molecule has 0 heterocycles. The summed E-state index contributed by atoms with van der Waals surface area (Å²) in [4.78, 5) is 11.2. The number of hydrogen-bond acceptors (Lipinski definition) is 2. The van der Waals surface area contributed by atoms with Gasteiger partial charge in [-0.25, -0.2) is 4.79 Å². The van der Waals surface area contributed by atoms with Crippen LogP contribution in [0.1, 0.15) is 46.0 Å². The summed E-state index contributed by atoms with van der Waals surface area (Å²) >= 11 is 0. The second-order valence-corrected chi connectivity index (χ2v) is 3.89. The van der Waals surface area contributed by atoms with Crippen LogP contribution in [0.15, 0.2) is 0 Å². The quantitative estimate of drug-likeness (QED) is 0.509. The van der Waals surface area contributed by atoms with Crippen molar-refractivity contribution in [2.75, 3.05) is 13.2 Å². The van der Waals surface area contributed by atoms with Crippen LogP contribution in [0, 0.1) is 18.3 Å². The van der Waals surface area contributed by atoms with Crippen LogP contribution in [0.3, 0.4) is 0 Å². The van der Waals surface area contributed by atoms with Crippen molar-refractivity contribution in [2.24, 2.45) is 5.92 Å². The molecule has 0 spiro atoms. The molecule has 0 rings (SSSR count). The van der Waals surface area contributed by atoms with E-state index in [2.05, 4.69) is 25.1 Å². The van der Waals surface area contributed by atoms with E-state index in [0.717, 1.165) is 12.8 Å². The van der Waals surface area contributed by atoms with E-state index < -0.39 is 0 Å². The van der Waals surface area contributed by atoms with Gasteiger partial charge in [0.05, 0.1) is 0 Å². The smallest absolute Gasteiger partial charge is 0.407 e. The van der Waals surface area contributed by atoms with Crippen molar-refractivity contribution < 1.29 is 9.53 Å². The van der Waals surface area contributed by atoms with Gasteiger partial charge >= 0.3 is 6.09 Å². The topological polar surface area (TPSA) is 38.3 Å². The Hall–Kier alpha value is -1.17. The molecule has 3 heteroatoms. The molecule has 0 aromatic heterocycles. The predicted octanol–water partition coefficient (Wildman–Crippen LogP) is 2.95. The minimum atomic E-state index is -0.356. The molecule has 1 atom stereocenters. The number of amides is 1. The van der Waals surface area contributed by atoms with Crippen molar-refractivity contribution >= 4 is 6.09 Å². The van der Waals surface area contributed by atoms with Gasteiger partial charge in [0, 0.05) is 13.0 Å². The van der Waals surface area contributed by atoms with Crippen LogP contribution in [-0.4, -0.2) is 19.2 Å². The molecule has 0 saturated heterocycles. The van der Waals surface area contributed by atoms with Gasteiger partial charge in [0.25, 0.3) is 0 Å². The zero-order valence-corrected chi connectivity index (χ0v) is 10.4. The van der Waals surface area contributed by atoms with E-state index in [4.69, 9.17) is 11.2 Å². The fourth-order valence-corrected chi connectivity index (χ4v) is 1.42. The number of carbonyl (C=O) groups excluding carboxylic acids is 1. The van der Waals surface area contributed by atoms with Gasteiger partial charge in [-0.15, -0.1) is 12.3 Å². The Labute approximate surface area is 98.9 Å². The highest BCUT2D eigenvalue weighted by Gasteiger charge is 2.08. The highest BCUT2D eigenvalue weighted by atomic mass is 16.5. The molecule has 1 amide bonds. The monoisotopic (exact) mass is 225 g/mol. The Balaban J connectivity index is 3.59. The number of nitrogens with one attached hydrogen (secondary N) is 1. The summed E-state index contributed by atoms with van der Waals surface area (Å²) in [5.74, 6) is 2.98. The molecule has 16 heavy (non-hydrogen) atoms. The molecule has 0 aliphatic rings. The normalized spacial score (nSPS) is 11.6. The summed E-state index contributed by atoms with van der Waals surface area (Å²) in [6.07, 6.45) is 9.83. The van der Waals surface area contributed by atoms with Gasteiger partial charge in [0.2, 0.25) is 0 Å². The minimum Gasteiger partial charge on any atom is -0.449 e. The van der Waals surface area contributed by atoms with Crippen LogP contribution in [0.5, 0.6) is 0 Å². The van der Waals surface area contributed by atoms with Gasteiger partial charge in [-0.1, -0.05) is 33.1 Å². The Bertz CT molecular complexity index is 220. The fraction of sp³-hybridized carbons (Fsp3) is 0.769. The summed E-state index contributed by atoms with van der Waals surface area (Å²) in [6.45, 7) is 5.32. The maximum atomic E-state index is 11.2. The van der Waals surface area contributed by atoms with Crippen molar-refractivity contribution in [1.82, 2.24) is 5.32 Å². The van der Waals surface area contributed by atoms with E-state index in [1.54, 1.807) is 0 Å². The first-order valence-electron chi connectivity index (χ1n) is 6.08. The van der Waals surface area contributed by atoms with E-state index in [1.807, 2.05) is 0 Å². The van der Waals surface area contributed by atoms with Gasteiger partial charge in [0.15, 0.2) is 0 Å². The molecule has 0 fully saturated rings. The Morgan fingerprint density at radius 1 is 1.50 bits per heavy atom. The van der Waals surface area contributed by atoms with Crippen LogP contribution in [0.25, 0.3) is 0 Å². The number of alkyl carbamates (subject to hydrolysis) is 1. The predicted molar refractivity (Wildman–Crippen MR) is 66.1 cm³/mol. The highest BCUT2D eigenvalue weighted by Crippen LogP contribution is 2.11. The van der Waals surface area contributed by atoms with E-state index in [0.29, 0.717) is 25.5 Å². The molecule has 1 N–H and O–H groups in total. The van der Waals surface area contributed by atoms with Crippen molar-refractivity contribution in [3.8, 4) is 12.3 Å². The number of rotatable bonds is 8. The third-order valence-electron chi connectivity index (χ3n) is 2.56. The lowest BCUT2D eigenvalue weighted by molar-refractivity contribution is 0.146. The molecule has 1 unspecified atom stereocenters. The summed E-state index contributed by atoms with van der Waals surface area (Å²) in [6, 6.07) is 0. The molecule has 0 aliphatic heterocycles. The maximum Gasteiger partial charge on any atom is 0.407 e. The Kier molecular flexibility index (Phi) is 9.59. The summed E-state index contributed by atoms with van der Waals surface area (Å²) < 4.78 is 4.89. The third-order valence-corrected chi connectivity index (χ3v) is 2.56. The number of terminal acetylenes is 1. The van der Waals surface area contributed by atoms with E-state index in [1.165, 1.54) is 12.8 Å². The molecule has 92 valence electrons. The van der Waals surface area contributed by atoms with Gasteiger partial charge < -0.3 is 10.1 Å². The lowest BCUT2D eigenvalue weighted by Crippen LogP contribution is -2.29. The first-order chi connectivity index (χ1) is 7.74. The first-order valence-corrected chi connectivity index (χ1v) is 6.08. The zero-order valence-electron chi connectivity index (χ0n) is 10.4.